The molecule has 0 atom stereocenters. The van der Waals surface area contributed by atoms with E-state index in [2.05, 4.69) is 44.8 Å². The molecule has 0 saturated carbocycles. The lowest BCUT2D eigenvalue weighted by molar-refractivity contribution is 0.307. The second-order valence-corrected chi connectivity index (χ2v) is 5.11. The molecule has 0 fully saturated rings. The Morgan fingerprint density at radius 1 is 1.27 bits per heavy atom. The monoisotopic (exact) mass is 230 g/mol. The van der Waals surface area contributed by atoms with Crippen LogP contribution in [-0.4, -0.2) is 29.1 Å². The lowest BCUT2D eigenvalue weighted by atomic mass is 10.2. The molecule has 0 aliphatic carbocycles. The van der Waals surface area contributed by atoms with Crippen molar-refractivity contribution in [3.05, 3.63) is 0 Å². The van der Waals surface area contributed by atoms with Crippen molar-refractivity contribution in [2.45, 2.75) is 53.5 Å². The van der Waals surface area contributed by atoms with E-state index in [9.17, 15) is 0 Å². The zero-order valence-corrected chi connectivity index (χ0v) is 11.7. The molecule has 0 amide bonds. The summed E-state index contributed by atoms with van der Waals surface area (Å²) in [6, 6.07) is 0.481. The third-order valence-corrected chi connectivity index (χ3v) is 2.63. The molecule has 0 aromatic carbocycles. The van der Waals surface area contributed by atoms with Gasteiger partial charge in [0.25, 0.3) is 0 Å². The quantitative estimate of drug-likeness (QED) is 0.558. The van der Waals surface area contributed by atoms with Gasteiger partial charge in [0.1, 0.15) is 0 Å². The Bertz CT molecular complexity index is 178. The van der Waals surface area contributed by atoms with Gasteiger partial charge in [0.15, 0.2) is 5.11 Å². The van der Waals surface area contributed by atoms with E-state index in [0.29, 0.717) is 12.0 Å². The smallest absolute Gasteiger partial charge is 0.169 e. The molecular formula is C12H26N2S. The van der Waals surface area contributed by atoms with E-state index in [1.54, 1.807) is 0 Å². The highest BCUT2D eigenvalue weighted by atomic mass is 32.1. The highest BCUT2D eigenvalue weighted by molar-refractivity contribution is 7.80. The van der Waals surface area contributed by atoms with Gasteiger partial charge in [-0.3, -0.25) is 0 Å². The summed E-state index contributed by atoms with van der Waals surface area (Å²) in [4.78, 5) is 2.27. The molecule has 15 heavy (non-hydrogen) atoms. The Labute approximate surface area is 100 Å². The van der Waals surface area contributed by atoms with Gasteiger partial charge in [0, 0.05) is 19.1 Å². The Hall–Kier alpha value is -0.310. The maximum Gasteiger partial charge on any atom is 0.169 e. The van der Waals surface area contributed by atoms with Crippen LogP contribution in [0.5, 0.6) is 0 Å². The minimum atomic E-state index is 0.481. The number of rotatable bonds is 6. The fraction of sp³-hybridized carbons (Fsp3) is 0.917. The van der Waals surface area contributed by atoms with Crippen LogP contribution in [0.4, 0.5) is 0 Å². The summed E-state index contributed by atoms with van der Waals surface area (Å²) in [6.45, 7) is 13.1. The van der Waals surface area contributed by atoms with Crippen molar-refractivity contribution >= 4 is 17.3 Å². The van der Waals surface area contributed by atoms with Crippen LogP contribution >= 0.6 is 12.2 Å². The summed E-state index contributed by atoms with van der Waals surface area (Å²) in [5.74, 6) is 0.651. The second-order valence-electron chi connectivity index (χ2n) is 4.73. The summed E-state index contributed by atoms with van der Waals surface area (Å²) in [6.07, 6.45) is 2.40. The Morgan fingerprint density at radius 2 is 1.87 bits per heavy atom. The average Bonchev–Trinajstić information content (AvgIpc) is 2.13. The first-order valence-corrected chi connectivity index (χ1v) is 6.44. The number of nitrogens with zero attached hydrogens (tertiary/aromatic N) is 1. The zero-order valence-electron chi connectivity index (χ0n) is 10.8. The molecule has 0 saturated heterocycles. The molecule has 0 aliphatic heterocycles. The number of thiocarbonyl (C=S) groups is 1. The van der Waals surface area contributed by atoms with E-state index in [-0.39, 0.29) is 0 Å². The summed E-state index contributed by atoms with van der Waals surface area (Å²) in [5, 5.41) is 4.24. The van der Waals surface area contributed by atoms with Gasteiger partial charge in [-0.2, -0.15) is 0 Å². The van der Waals surface area contributed by atoms with E-state index in [1.807, 2.05) is 0 Å². The Kier molecular flexibility index (Phi) is 7.75. The largest absolute Gasteiger partial charge is 0.363 e. The number of hydrogen-bond acceptors (Lipinski definition) is 1. The van der Waals surface area contributed by atoms with Gasteiger partial charge in [0.2, 0.25) is 0 Å². The van der Waals surface area contributed by atoms with Crippen LogP contribution in [0.15, 0.2) is 0 Å². The van der Waals surface area contributed by atoms with E-state index < -0.39 is 0 Å². The van der Waals surface area contributed by atoms with Gasteiger partial charge < -0.3 is 10.2 Å². The molecule has 2 nitrogen and oxygen atoms in total. The van der Waals surface area contributed by atoms with E-state index >= 15 is 0 Å². The molecule has 0 bridgehead atoms. The van der Waals surface area contributed by atoms with E-state index in [4.69, 9.17) is 12.2 Å². The van der Waals surface area contributed by atoms with Gasteiger partial charge >= 0.3 is 0 Å². The van der Waals surface area contributed by atoms with E-state index in [0.717, 1.165) is 18.2 Å². The summed E-state index contributed by atoms with van der Waals surface area (Å²) in [5.41, 5.74) is 0. The summed E-state index contributed by atoms with van der Waals surface area (Å²) >= 11 is 5.40. The van der Waals surface area contributed by atoms with Crippen LogP contribution in [-0.2, 0) is 0 Å². The number of hydrogen-bond donors (Lipinski definition) is 1. The van der Waals surface area contributed by atoms with Gasteiger partial charge in [0.05, 0.1) is 0 Å². The first-order chi connectivity index (χ1) is 6.99. The van der Waals surface area contributed by atoms with Crippen LogP contribution < -0.4 is 5.32 Å². The molecule has 0 unspecified atom stereocenters. The molecular weight excluding hydrogens is 204 g/mol. The molecule has 0 rings (SSSR count). The van der Waals surface area contributed by atoms with Crippen LogP contribution in [0.1, 0.15) is 47.5 Å². The minimum absolute atomic E-state index is 0.481. The first kappa shape index (κ1) is 14.7. The molecule has 1 N–H and O–H groups in total. The fourth-order valence-electron chi connectivity index (χ4n) is 1.40. The van der Waals surface area contributed by atoms with Crippen LogP contribution in [0.2, 0.25) is 0 Å². The van der Waals surface area contributed by atoms with Crippen molar-refractivity contribution in [1.82, 2.24) is 10.2 Å². The third-order valence-electron chi connectivity index (χ3n) is 2.25. The predicted molar refractivity (Wildman–Crippen MR) is 72.2 cm³/mol. The Morgan fingerprint density at radius 3 is 2.27 bits per heavy atom. The van der Waals surface area contributed by atoms with Crippen molar-refractivity contribution in [2.24, 2.45) is 5.92 Å². The molecule has 90 valence electrons. The van der Waals surface area contributed by atoms with Crippen LogP contribution in [0.25, 0.3) is 0 Å². The topological polar surface area (TPSA) is 15.3 Å². The highest BCUT2D eigenvalue weighted by Gasteiger charge is 2.13. The molecule has 0 aromatic heterocycles. The number of unbranched alkanes of at least 4 members (excludes halogenated alkanes) is 1. The lowest BCUT2D eigenvalue weighted by Gasteiger charge is -2.31. The zero-order chi connectivity index (χ0) is 11.8. The van der Waals surface area contributed by atoms with Crippen molar-refractivity contribution in [2.75, 3.05) is 13.1 Å². The van der Waals surface area contributed by atoms with Gasteiger partial charge in [-0.15, -0.1) is 0 Å². The SMILES string of the molecule is CCCCNC(=S)N(CC(C)C)C(C)C. The third kappa shape index (κ3) is 6.72. The highest BCUT2D eigenvalue weighted by Crippen LogP contribution is 2.04. The molecule has 0 spiro atoms. The molecule has 0 radical (unpaired) electrons. The predicted octanol–water partition coefficient (Wildman–Crippen LogP) is 3.03. The standard InChI is InChI=1S/C12H26N2S/c1-6-7-8-13-12(15)14(11(4)5)9-10(2)3/h10-11H,6-9H2,1-5H3,(H,13,15). The molecule has 0 aromatic rings. The molecule has 0 heterocycles. The fourth-order valence-corrected chi connectivity index (χ4v) is 1.78. The van der Waals surface area contributed by atoms with Crippen molar-refractivity contribution in [1.29, 1.82) is 0 Å². The van der Waals surface area contributed by atoms with E-state index in [1.165, 1.54) is 12.8 Å². The Balaban J connectivity index is 4.05. The van der Waals surface area contributed by atoms with Crippen molar-refractivity contribution in [3.8, 4) is 0 Å². The summed E-state index contributed by atoms with van der Waals surface area (Å²) < 4.78 is 0. The number of nitrogens with one attached hydrogen (secondary N) is 1. The van der Waals surface area contributed by atoms with Crippen molar-refractivity contribution < 1.29 is 0 Å². The maximum absolute atomic E-state index is 5.40. The lowest BCUT2D eigenvalue weighted by Crippen LogP contribution is -2.45. The second kappa shape index (κ2) is 7.91. The van der Waals surface area contributed by atoms with Crippen molar-refractivity contribution in [3.63, 3.8) is 0 Å². The maximum atomic E-state index is 5.40. The van der Waals surface area contributed by atoms with Gasteiger partial charge in [-0.05, 0) is 38.4 Å². The minimum Gasteiger partial charge on any atom is -0.363 e. The van der Waals surface area contributed by atoms with Gasteiger partial charge in [-0.1, -0.05) is 27.2 Å². The van der Waals surface area contributed by atoms with Crippen LogP contribution in [0.3, 0.4) is 0 Å². The molecule has 3 heteroatoms. The van der Waals surface area contributed by atoms with Crippen LogP contribution in [0, 0.1) is 5.92 Å². The summed E-state index contributed by atoms with van der Waals surface area (Å²) in [7, 11) is 0. The first-order valence-electron chi connectivity index (χ1n) is 6.03. The normalized spacial score (nSPS) is 10.9. The molecule has 0 aliphatic rings. The average molecular weight is 230 g/mol. The van der Waals surface area contributed by atoms with Gasteiger partial charge in [-0.25, -0.2) is 0 Å².